The molecule has 0 atom stereocenters. The van der Waals surface area contributed by atoms with Crippen LogP contribution in [0.4, 0.5) is 5.69 Å². The van der Waals surface area contributed by atoms with E-state index in [0.29, 0.717) is 18.2 Å². The zero-order valence-corrected chi connectivity index (χ0v) is 11.6. The van der Waals surface area contributed by atoms with Crippen LogP contribution in [0.25, 0.3) is 0 Å². The van der Waals surface area contributed by atoms with Gasteiger partial charge in [-0.15, -0.1) is 0 Å². The van der Waals surface area contributed by atoms with E-state index in [0.717, 1.165) is 5.56 Å². The van der Waals surface area contributed by atoms with Gasteiger partial charge in [-0.3, -0.25) is 9.59 Å². The van der Waals surface area contributed by atoms with Crippen molar-refractivity contribution in [1.82, 2.24) is 5.32 Å². The molecule has 5 nitrogen and oxygen atoms in total. The van der Waals surface area contributed by atoms with E-state index in [2.05, 4.69) is 10.6 Å². The van der Waals surface area contributed by atoms with Gasteiger partial charge in [0.2, 0.25) is 11.8 Å². The van der Waals surface area contributed by atoms with Crippen molar-refractivity contribution >= 4 is 17.5 Å². The summed E-state index contributed by atoms with van der Waals surface area (Å²) in [4.78, 5) is 22.8. The molecule has 5 heteroatoms. The van der Waals surface area contributed by atoms with Gasteiger partial charge >= 0.3 is 0 Å². The molecule has 21 heavy (non-hydrogen) atoms. The lowest BCUT2D eigenvalue weighted by Crippen LogP contribution is -2.21. The Morgan fingerprint density at radius 1 is 1.29 bits per heavy atom. The smallest absolute Gasteiger partial charge is 0.248 e. The quantitative estimate of drug-likeness (QED) is 0.784. The molecule has 1 fully saturated rings. The molecule has 0 heterocycles. The first-order valence-electron chi connectivity index (χ1n) is 6.89. The van der Waals surface area contributed by atoms with Crippen molar-refractivity contribution in [3.05, 3.63) is 42.0 Å². The third kappa shape index (κ3) is 5.49. The summed E-state index contributed by atoms with van der Waals surface area (Å²) in [5, 5.41) is 13.8. The topological polar surface area (TPSA) is 82.0 Å². The van der Waals surface area contributed by atoms with Gasteiger partial charge in [-0.2, -0.15) is 5.26 Å². The fraction of sp³-hybridized carbons (Fsp3) is 0.312. The number of nitrogens with zero attached hydrogens (tertiary/aromatic N) is 1. The summed E-state index contributed by atoms with van der Waals surface area (Å²) in [5.41, 5.74) is 1.63. The predicted octanol–water partition coefficient (Wildman–Crippen LogP) is 2.12. The van der Waals surface area contributed by atoms with Crippen molar-refractivity contribution in [3.63, 3.8) is 0 Å². The fourth-order valence-electron chi connectivity index (χ4n) is 1.74. The van der Waals surface area contributed by atoms with Gasteiger partial charge in [0.25, 0.3) is 0 Å². The van der Waals surface area contributed by atoms with E-state index in [1.54, 1.807) is 24.3 Å². The zero-order valence-electron chi connectivity index (χ0n) is 11.6. The molecule has 1 aliphatic rings. The first-order chi connectivity index (χ1) is 10.2. The highest BCUT2D eigenvalue weighted by atomic mass is 16.2. The minimum absolute atomic E-state index is 0.128. The van der Waals surface area contributed by atoms with Gasteiger partial charge in [-0.25, -0.2) is 0 Å². The Hall–Kier alpha value is -2.61. The number of carbonyl (C=O) groups excluding carboxylic acids is 2. The summed E-state index contributed by atoms with van der Waals surface area (Å²) in [6.45, 7) is 0.371. The van der Waals surface area contributed by atoms with Crippen molar-refractivity contribution < 1.29 is 9.59 Å². The van der Waals surface area contributed by atoms with E-state index in [9.17, 15) is 9.59 Å². The molecule has 1 aliphatic carbocycles. The highest BCUT2D eigenvalue weighted by Crippen LogP contribution is 2.29. The van der Waals surface area contributed by atoms with E-state index in [1.165, 1.54) is 12.8 Å². The van der Waals surface area contributed by atoms with E-state index in [-0.39, 0.29) is 18.2 Å². The Bertz CT molecular complexity index is 581. The van der Waals surface area contributed by atoms with Crippen LogP contribution in [0.3, 0.4) is 0 Å². The number of amides is 2. The van der Waals surface area contributed by atoms with Crippen LogP contribution in [0.5, 0.6) is 0 Å². The monoisotopic (exact) mass is 283 g/mol. The average molecular weight is 283 g/mol. The summed E-state index contributed by atoms with van der Waals surface area (Å²) >= 11 is 0. The minimum atomic E-state index is -0.292. The van der Waals surface area contributed by atoms with Crippen LogP contribution in [0, 0.1) is 17.2 Å². The van der Waals surface area contributed by atoms with Crippen LogP contribution in [0.1, 0.15) is 24.8 Å². The van der Waals surface area contributed by atoms with Crippen LogP contribution >= 0.6 is 0 Å². The normalized spacial score (nSPS) is 13.7. The van der Waals surface area contributed by atoms with Crippen molar-refractivity contribution in [2.24, 2.45) is 5.92 Å². The summed E-state index contributed by atoms with van der Waals surface area (Å²) < 4.78 is 0. The summed E-state index contributed by atoms with van der Waals surface area (Å²) in [7, 11) is 0. The van der Waals surface area contributed by atoms with Crippen LogP contribution in [0.2, 0.25) is 0 Å². The third-order valence-electron chi connectivity index (χ3n) is 3.09. The minimum Gasteiger partial charge on any atom is -0.351 e. The maximum absolute atomic E-state index is 11.6. The Balaban J connectivity index is 1.79. The molecule has 0 aromatic heterocycles. The predicted molar refractivity (Wildman–Crippen MR) is 79.0 cm³/mol. The number of rotatable bonds is 6. The summed E-state index contributed by atoms with van der Waals surface area (Å²) in [6.07, 6.45) is 5.73. The second-order valence-corrected chi connectivity index (χ2v) is 4.99. The van der Waals surface area contributed by atoms with Crippen molar-refractivity contribution in [1.29, 1.82) is 5.26 Å². The molecule has 0 unspecified atom stereocenters. The molecule has 2 N–H and O–H groups in total. The second kappa shape index (κ2) is 7.25. The van der Waals surface area contributed by atoms with Crippen LogP contribution in [0.15, 0.2) is 36.4 Å². The lowest BCUT2D eigenvalue weighted by Gasteiger charge is -2.05. The molecule has 108 valence electrons. The number of benzene rings is 1. The lowest BCUT2D eigenvalue weighted by molar-refractivity contribution is -0.120. The maximum Gasteiger partial charge on any atom is 0.248 e. The Morgan fingerprint density at radius 3 is 2.62 bits per heavy atom. The maximum atomic E-state index is 11.6. The molecule has 1 aromatic carbocycles. The fourth-order valence-corrected chi connectivity index (χ4v) is 1.74. The van der Waals surface area contributed by atoms with Gasteiger partial charge in [-0.05, 0) is 42.5 Å². The molecule has 0 radical (unpaired) electrons. The molecule has 1 saturated carbocycles. The number of nitrogens with one attached hydrogen (secondary N) is 2. The zero-order chi connectivity index (χ0) is 15.1. The van der Waals surface area contributed by atoms with Gasteiger partial charge < -0.3 is 10.6 Å². The molecule has 2 amide bonds. The lowest BCUT2D eigenvalue weighted by atomic mass is 10.2. The Labute approximate surface area is 123 Å². The number of nitriles is 1. The Morgan fingerprint density at radius 2 is 2.00 bits per heavy atom. The molecule has 1 aromatic rings. The van der Waals surface area contributed by atoms with Crippen LogP contribution in [-0.2, 0) is 16.1 Å². The SMILES string of the molecule is N#CCC(=O)NCc1ccc(NC(=O)/C=C/C2CC2)cc1. The number of allylic oxidation sites excluding steroid dienone is 1. The van der Waals surface area contributed by atoms with Crippen molar-refractivity contribution in [2.75, 3.05) is 5.32 Å². The largest absolute Gasteiger partial charge is 0.351 e. The molecule has 0 aliphatic heterocycles. The van der Waals surface area contributed by atoms with E-state index in [1.807, 2.05) is 18.2 Å². The highest BCUT2D eigenvalue weighted by molar-refractivity contribution is 5.99. The van der Waals surface area contributed by atoms with Gasteiger partial charge in [0, 0.05) is 12.2 Å². The third-order valence-corrected chi connectivity index (χ3v) is 3.09. The van der Waals surface area contributed by atoms with Crippen LogP contribution in [-0.4, -0.2) is 11.8 Å². The number of hydrogen-bond acceptors (Lipinski definition) is 3. The number of carbonyl (C=O) groups is 2. The molecular formula is C16H17N3O2. The van der Waals surface area contributed by atoms with E-state index >= 15 is 0 Å². The van der Waals surface area contributed by atoms with Gasteiger partial charge in [0.15, 0.2) is 0 Å². The molecular weight excluding hydrogens is 266 g/mol. The first-order valence-corrected chi connectivity index (χ1v) is 6.89. The summed E-state index contributed by atoms with van der Waals surface area (Å²) in [5.74, 6) is 0.159. The highest BCUT2D eigenvalue weighted by Gasteiger charge is 2.17. The Kier molecular flexibility index (Phi) is 5.10. The van der Waals surface area contributed by atoms with Gasteiger partial charge in [0.1, 0.15) is 6.42 Å². The average Bonchev–Trinajstić information content (AvgIpc) is 3.29. The van der Waals surface area contributed by atoms with Crippen molar-refractivity contribution in [3.8, 4) is 6.07 Å². The van der Waals surface area contributed by atoms with Crippen molar-refractivity contribution in [2.45, 2.75) is 25.8 Å². The van der Waals surface area contributed by atoms with Crippen LogP contribution < -0.4 is 10.6 Å². The number of hydrogen-bond donors (Lipinski definition) is 2. The first kappa shape index (κ1) is 14.8. The second-order valence-electron chi connectivity index (χ2n) is 4.99. The summed E-state index contributed by atoms with van der Waals surface area (Å²) in [6, 6.07) is 9.02. The van der Waals surface area contributed by atoms with E-state index in [4.69, 9.17) is 5.26 Å². The van der Waals surface area contributed by atoms with Gasteiger partial charge in [0.05, 0.1) is 6.07 Å². The molecule has 2 rings (SSSR count). The molecule has 0 saturated heterocycles. The van der Waals surface area contributed by atoms with E-state index < -0.39 is 0 Å². The van der Waals surface area contributed by atoms with Gasteiger partial charge in [-0.1, -0.05) is 18.2 Å². The molecule has 0 bridgehead atoms. The standard InChI is InChI=1S/C16H17N3O2/c17-10-9-15(20)18-11-13-3-6-14(7-4-13)19-16(21)8-5-12-1-2-12/h3-8,12H,1-2,9,11H2,(H,18,20)(H,19,21)/b8-5+. The molecule has 0 spiro atoms. The number of anilines is 1.